The zero-order valence-electron chi connectivity index (χ0n) is 13.0. The minimum absolute atomic E-state index is 1.15. The summed E-state index contributed by atoms with van der Waals surface area (Å²) in [5, 5.41) is 4.56. The van der Waals surface area contributed by atoms with Gasteiger partial charge in [-0.25, -0.2) is 4.68 Å². The first-order valence-corrected chi connectivity index (χ1v) is 7.24. The SMILES string of the molecule is Cc1cccc(-c2cnn(-c3c(C)cc(C)cc3C)c2)c1. The highest BCUT2D eigenvalue weighted by molar-refractivity contribution is 5.63. The van der Waals surface area contributed by atoms with Gasteiger partial charge in [0.15, 0.2) is 0 Å². The van der Waals surface area contributed by atoms with Crippen LogP contribution >= 0.6 is 0 Å². The van der Waals surface area contributed by atoms with Gasteiger partial charge in [-0.1, -0.05) is 47.5 Å². The molecule has 3 rings (SSSR count). The molecule has 0 fully saturated rings. The third kappa shape index (κ3) is 2.62. The van der Waals surface area contributed by atoms with Gasteiger partial charge in [0.25, 0.3) is 0 Å². The maximum atomic E-state index is 4.56. The number of aryl methyl sites for hydroxylation is 4. The molecule has 0 aliphatic rings. The molecule has 0 radical (unpaired) electrons. The molecule has 0 aliphatic heterocycles. The molecule has 0 amide bonds. The summed E-state index contributed by atoms with van der Waals surface area (Å²) in [4.78, 5) is 0. The van der Waals surface area contributed by atoms with E-state index in [-0.39, 0.29) is 0 Å². The van der Waals surface area contributed by atoms with Crippen LogP contribution < -0.4 is 0 Å². The normalized spacial score (nSPS) is 10.9. The van der Waals surface area contributed by atoms with E-state index in [1.165, 1.54) is 33.5 Å². The molecule has 0 saturated heterocycles. The summed E-state index contributed by atoms with van der Waals surface area (Å²) in [6.07, 6.45) is 4.05. The molecule has 1 aromatic heterocycles. The Bertz CT molecular complexity index is 774. The van der Waals surface area contributed by atoms with Gasteiger partial charge in [0.05, 0.1) is 11.9 Å². The fourth-order valence-electron chi connectivity index (χ4n) is 2.95. The fourth-order valence-corrected chi connectivity index (χ4v) is 2.95. The lowest BCUT2D eigenvalue weighted by atomic mass is 10.0. The molecule has 0 spiro atoms. The van der Waals surface area contributed by atoms with Crippen molar-refractivity contribution in [1.29, 1.82) is 0 Å². The largest absolute Gasteiger partial charge is 0.240 e. The van der Waals surface area contributed by atoms with Crippen molar-refractivity contribution in [2.24, 2.45) is 0 Å². The van der Waals surface area contributed by atoms with E-state index in [0.29, 0.717) is 0 Å². The second kappa shape index (κ2) is 5.21. The number of benzene rings is 2. The first-order valence-electron chi connectivity index (χ1n) is 7.24. The molecule has 2 aromatic carbocycles. The van der Waals surface area contributed by atoms with Crippen LogP contribution in [-0.2, 0) is 0 Å². The smallest absolute Gasteiger partial charge is 0.0704 e. The van der Waals surface area contributed by atoms with Crippen molar-refractivity contribution in [1.82, 2.24) is 9.78 Å². The fraction of sp³-hybridized carbons (Fsp3) is 0.211. The zero-order chi connectivity index (χ0) is 15.0. The van der Waals surface area contributed by atoms with E-state index in [9.17, 15) is 0 Å². The van der Waals surface area contributed by atoms with Gasteiger partial charge in [-0.3, -0.25) is 0 Å². The third-order valence-corrected chi connectivity index (χ3v) is 3.80. The van der Waals surface area contributed by atoms with Crippen molar-refractivity contribution >= 4 is 0 Å². The van der Waals surface area contributed by atoms with Gasteiger partial charge in [-0.2, -0.15) is 5.10 Å². The molecule has 0 unspecified atom stereocenters. The summed E-state index contributed by atoms with van der Waals surface area (Å²) in [5.41, 5.74) is 8.61. The van der Waals surface area contributed by atoms with E-state index in [1.807, 2.05) is 10.9 Å². The van der Waals surface area contributed by atoms with E-state index in [4.69, 9.17) is 0 Å². The molecule has 106 valence electrons. The Hall–Kier alpha value is -2.35. The zero-order valence-corrected chi connectivity index (χ0v) is 13.0. The quantitative estimate of drug-likeness (QED) is 0.659. The number of hydrogen-bond donors (Lipinski definition) is 0. The molecule has 0 atom stereocenters. The van der Waals surface area contributed by atoms with E-state index in [0.717, 1.165) is 5.56 Å². The maximum Gasteiger partial charge on any atom is 0.0704 e. The third-order valence-electron chi connectivity index (χ3n) is 3.80. The Labute approximate surface area is 126 Å². The molecule has 0 N–H and O–H groups in total. The van der Waals surface area contributed by atoms with Crippen molar-refractivity contribution < 1.29 is 0 Å². The lowest BCUT2D eigenvalue weighted by molar-refractivity contribution is 0.864. The van der Waals surface area contributed by atoms with E-state index in [1.54, 1.807) is 0 Å². The second-order valence-electron chi connectivity index (χ2n) is 5.79. The topological polar surface area (TPSA) is 17.8 Å². The molecule has 3 aromatic rings. The molecule has 0 bridgehead atoms. The minimum Gasteiger partial charge on any atom is -0.240 e. The molecule has 0 aliphatic carbocycles. The Kier molecular flexibility index (Phi) is 3.38. The van der Waals surface area contributed by atoms with Crippen LogP contribution in [-0.4, -0.2) is 9.78 Å². The molecule has 2 nitrogen and oxygen atoms in total. The van der Waals surface area contributed by atoms with Gasteiger partial charge < -0.3 is 0 Å². The Morgan fingerprint density at radius 2 is 1.52 bits per heavy atom. The standard InChI is InChI=1S/C19H20N2/c1-13-6-5-7-17(10-13)18-11-20-21(12-18)19-15(3)8-14(2)9-16(19)4/h5-12H,1-4H3. The number of nitrogens with zero attached hydrogens (tertiary/aromatic N) is 2. The Morgan fingerprint density at radius 1 is 0.810 bits per heavy atom. The van der Waals surface area contributed by atoms with Crippen LogP contribution in [0.25, 0.3) is 16.8 Å². The molecule has 1 heterocycles. The highest BCUT2D eigenvalue weighted by Gasteiger charge is 2.09. The van der Waals surface area contributed by atoms with Crippen LogP contribution in [0.2, 0.25) is 0 Å². The van der Waals surface area contributed by atoms with Crippen molar-refractivity contribution in [2.45, 2.75) is 27.7 Å². The summed E-state index contributed by atoms with van der Waals surface area (Å²) in [6.45, 7) is 8.53. The van der Waals surface area contributed by atoms with Crippen molar-refractivity contribution in [3.63, 3.8) is 0 Å². The van der Waals surface area contributed by atoms with Gasteiger partial charge in [-0.05, 0) is 44.4 Å². The molecule has 21 heavy (non-hydrogen) atoms. The summed E-state index contributed by atoms with van der Waals surface area (Å²) in [7, 11) is 0. The van der Waals surface area contributed by atoms with Crippen LogP contribution in [0.3, 0.4) is 0 Å². The first-order chi connectivity index (χ1) is 10.0. The lowest BCUT2D eigenvalue weighted by Gasteiger charge is -2.11. The van der Waals surface area contributed by atoms with Gasteiger partial charge in [0, 0.05) is 11.8 Å². The maximum absolute atomic E-state index is 4.56. The van der Waals surface area contributed by atoms with Gasteiger partial charge in [0.1, 0.15) is 0 Å². The van der Waals surface area contributed by atoms with Gasteiger partial charge in [-0.15, -0.1) is 0 Å². The highest BCUT2D eigenvalue weighted by Crippen LogP contribution is 2.24. The van der Waals surface area contributed by atoms with Crippen LogP contribution in [0.15, 0.2) is 48.8 Å². The lowest BCUT2D eigenvalue weighted by Crippen LogP contribution is -2.01. The Morgan fingerprint density at radius 3 is 2.19 bits per heavy atom. The van der Waals surface area contributed by atoms with Crippen LogP contribution in [0.1, 0.15) is 22.3 Å². The number of hydrogen-bond acceptors (Lipinski definition) is 1. The van der Waals surface area contributed by atoms with E-state index >= 15 is 0 Å². The summed E-state index contributed by atoms with van der Waals surface area (Å²) >= 11 is 0. The molecule has 0 saturated carbocycles. The summed E-state index contributed by atoms with van der Waals surface area (Å²) < 4.78 is 1.99. The number of rotatable bonds is 2. The van der Waals surface area contributed by atoms with E-state index < -0.39 is 0 Å². The van der Waals surface area contributed by atoms with E-state index in [2.05, 4.69) is 75.4 Å². The predicted octanol–water partition coefficient (Wildman–Crippen LogP) is 4.77. The van der Waals surface area contributed by atoms with Crippen molar-refractivity contribution in [3.05, 3.63) is 71.0 Å². The van der Waals surface area contributed by atoms with Crippen molar-refractivity contribution in [2.75, 3.05) is 0 Å². The molecular formula is C19H20N2. The first kappa shape index (κ1) is 13.6. The number of aromatic nitrogens is 2. The van der Waals surface area contributed by atoms with Crippen LogP contribution in [0, 0.1) is 27.7 Å². The van der Waals surface area contributed by atoms with Crippen molar-refractivity contribution in [3.8, 4) is 16.8 Å². The average molecular weight is 276 g/mol. The van der Waals surface area contributed by atoms with Gasteiger partial charge in [0.2, 0.25) is 0 Å². The average Bonchev–Trinajstić information content (AvgIpc) is 2.87. The van der Waals surface area contributed by atoms with Crippen LogP contribution in [0.5, 0.6) is 0 Å². The predicted molar refractivity (Wildman–Crippen MR) is 87.9 cm³/mol. The minimum atomic E-state index is 1.15. The molecule has 2 heteroatoms. The van der Waals surface area contributed by atoms with Gasteiger partial charge >= 0.3 is 0 Å². The Balaban J connectivity index is 2.07. The highest BCUT2D eigenvalue weighted by atomic mass is 15.3. The summed E-state index contributed by atoms with van der Waals surface area (Å²) in [6, 6.07) is 12.9. The van der Waals surface area contributed by atoms with Crippen LogP contribution in [0.4, 0.5) is 0 Å². The monoisotopic (exact) mass is 276 g/mol. The summed E-state index contributed by atoms with van der Waals surface area (Å²) in [5.74, 6) is 0. The second-order valence-corrected chi connectivity index (χ2v) is 5.79. The molecular weight excluding hydrogens is 256 g/mol.